The van der Waals surface area contributed by atoms with Crippen molar-refractivity contribution in [3.05, 3.63) is 34.6 Å². The Morgan fingerprint density at radius 2 is 1.94 bits per heavy atom. The molecular formula is C14H19ClFN. The Kier molecular flexibility index (Phi) is 4.05. The fraction of sp³-hybridized carbons (Fsp3) is 0.571. The summed E-state index contributed by atoms with van der Waals surface area (Å²) in [6.45, 7) is 0.588. The van der Waals surface area contributed by atoms with E-state index in [4.69, 9.17) is 17.3 Å². The number of rotatable bonds is 3. The summed E-state index contributed by atoms with van der Waals surface area (Å²) >= 11 is 6.21. The van der Waals surface area contributed by atoms with Crippen LogP contribution in [0.2, 0.25) is 5.02 Å². The number of hydrogen-bond acceptors (Lipinski definition) is 1. The summed E-state index contributed by atoms with van der Waals surface area (Å²) < 4.78 is 14.1. The summed E-state index contributed by atoms with van der Waals surface area (Å²) in [4.78, 5) is 0. The van der Waals surface area contributed by atoms with Gasteiger partial charge in [-0.2, -0.15) is 0 Å². The average molecular weight is 256 g/mol. The Hall–Kier alpha value is -0.600. The third kappa shape index (κ3) is 2.48. The van der Waals surface area contributed by atoms with Crippen LogP contribution in [0.1, 0.15) is 44.1 Å². The summed E-state index contributed by atoms with van der Waals surface area (Å²) in [5.41, 5.74) is 6.29. The van der Waals surface area contributed by atoms with E-state index < -0.39 is 0 Å². The van der Waals surface area contributed by atoms with E-state index >= 15 is 0 Å². The number of halogens is 2. The van der Waals surface area contributed by atoms with Gasteiger partial charge in [-0.1, -0.05) is 36.9 Å². The lowest BCUT2D eigenvalue weighted by molar-refractivity contribution is 0.269. The van der Waals surface area contributed by atoms with E-state index in [2.05, 4.69) is 0 Å². The summed E-state index contributed by atoms with van der Waals surface area (Å²) in [5.74, 6) is -0.173. The molecule has 0 aliphatic heterocycles. The first kappa shape index (κ1) is 12.8. The first-order valence-electron chi connectivity index (χ1n) is 6.34. The molecule has 0 spiro atoms. The van der Waals surface area contributed by atoms with Gasteiger partial charge in [0.1, 0.15) is 5.82 Å². The highest BCUT2D eigenvalue weighted by molar-refractivity contribution is 6.31. The predicted octanol–water partition coefficient (Wildman–Crippen LogP) is 4.03. The molecule has 3 heteroatoms. The number of nitrogens with two attached hydrogens (primary N) is 1. The normalized spacial score (nSPS) is 19.2. The monoisotopic (exact) mass is 255 g/mol. The van der Waals surface area contributed by atoms with Crippen molar-refractivity contribution in [2.75, 3.05) is 6.54 Å². The van der Waals surface area contributed by atoms with E-state index in [0.717, 1.165) is 32.1 Å². The van der Waals surface area contributed by atoms with Crippen LogP contribution in [0.5, 0.6) is 0 Å². The van der Waals surface area contributed by atoms with Crippen molar-refractivity contribution in [2.45, 2.75) is 43.9 Å². The quantitative estimate of drug-likeness (QED) is 0.867. The zero-order chi connectivity index (χ0) is 12.3. The van der Waals surface area contributed by atoms with E-state index in [1.165, 1.54) is 12.5 Å². The minimum Gasteiger partial charge on any atom is -0.330 e. The van der Waals surface area contributed by atoms with Crippen molar-refractivity contribution >= 4 is 11.6 Å². The molecule has 0 amide bonds. The molecule has 0 radical (unpaired) electrons. The first-order chi connectivity index (χ1) is 8.19. The lowest BCUT2D eigenvalue weighted by atomic mass is 9.67. The molecule has 2 N–H and O–H groups in total. The van der Waals surface area contributed by atoms with Crippen LogP contribution in [0, 0.1) is 5.82 Å². The molecule has 1 aromatic rings. The van der Waals surface area contributed by atoms with Crippen LogP contribution in [0.25, 0.3) is 0 Å². The first-order valence-corrected chi connectivity index (χ1v) is 6.72. The minimum atomic E-state index is -0.173. The molecule has 0 saturated heterocycles. The van der Waals surface area contributed by atoms with Gasteiger partial charge in [-0.15, -0.1) is 0 Å². The molecule has 1 aliphatic rings. The van der Waals surface area contributed by atoms with Crippen molar-refractivity contribution in [1.29, 1.82) is 0 Å². The molecule has 94 valence electrons. The molecule has 17 heavy (non-hydrogen) atoms. The maximum absolute atomic E-state index is 14.1. The van der Waals surface area contributed by atoms with E-state index in [9.17, 15) is 4.39 Å². The Morgan fingerprint density at radius 3 is 2.53 bits per heavy atom. The number of hydrogen-bond donors (Lipinski definition) is 1. The zero-order valence-electron chi connectivity index (χ0n) is 10.0. The lowest BCUT2D eigenvalue weighted by Gasteiger charge is -2.38. The molecule has 1 fully saturated rings. The molecule has 0 unspecified atom stereocenters. The van der Waals surface area contributed by atoms with Crippen molar-refractivity contribution in [3.8, 4) is 0 Å². The van der Waals surface area contributed by atoms with Crippen molar-refractivity contribution in [3.63, 3.8) is 0 Å². The lowest BCUT2D eigenvalue weighted by Crippen LogP contribution is -2.33. The molecule has 0 atom stereocenters. The van der Waals surface area contributed by atoms with Gasteiger partial charge in [0.2, 0.25) is 0 Å². The molecule has 0 heterocycles. The minimum absolute atomic E-state index is 0.130. The maximum atomic E-state index is 14.1. The molecule has 1 aliphatic carbocycles. The topological polar surface area (TPSA) is 26.0 Å². The smallest absolute Gasteiger partial charge is 0.128 e. The van der Waals surface area contributed by atoms with Gasteiger partial charge in [0.25, 0.3) is 0 Å². The Labute approximate surface area is 107 Å². The Morgan fingerprint density at radius 1 is 1.24 bits per heavy atom. The van der Waals surface area contributed by atoms with E-state index in [1.807, 2.05) is 0 Å². The van der Waals surface area contributed by atoms with Gasteiger partial charge in [0, 0.05) is 16.0 Å². The molecule has 0 aromatic heterocycles. The van der Waals surface area contributed by atoms with Crippen LogP contribution in [0.15, 0.2) is 18.2 Å². The Balaban J connectivity index is 2.44. The summed E-state index contributed by atoms with van der Waals surface area (Å²) in [7, 11) is 0. The van der Waals surface area contributed by atoms with Gasteiger partial charge in [-0.25, -0.2) is 4.39 Å². The van der Waals surface area contributed by atoms with Gasteiger partial charge >= 0.3 is 0 Å². The second-order valence-electron chi connectivity index (χ2n) is 4.98. The van der Waals surface area contributed by atoms with Crippen molar-refractivity contribution in [1.82, 2.24) is 0 Å². The SMILES string of the molecule is NCCC1(c2c(F)cccc2Cl)CCCCC1. The van der Waals surface area contributed by atoms with Crippen LogP contribution in [-0.4, -0.2) is 6.54 Å². The third-order valence-corrected chi connectivity index (χ3v) is 4.24. The van der Waals surface area contributed by atoms with Gasteiger partial charge in [0.15, 0.2) is 0 Å². The molecule has 2 rings (SSSR count). The fourth-order valence-corrected chi connectivity index (χ4v) is 3.50. The molecule has 0 bridgehead atoms. The highest BCUT2D eigenvalue weighted by Crippen LogP contribution is 2.45. The van der Waals surface area contributed by atoms with Gasteiger partial charge < -0.3 is 5.73 Å². The molecular weight excluding hydrogens is 237 g/mol. The highest BCUT2D eigenvalue weighted by Gasteiger charge is 2.36. The van der Waals surface area contributed by atoms with E-state index in [0.29, 0.717) is 17.1 Å². The van der Waals surface area contributed by atoms with Gasteiger partial charge in [-0.3, -0.25) is 0 Å². The average Bonchev–Trinajstić information content (AvgIpc) is 2.30. The molecule has 1 aromatic carbocycles. The largest absolute Gasteiger partial charge is 0.330 e. The summed E-state index contributed by atoms with van der Waals surface area (Å²) in [5, 5.41) is 0.556. The zero-order valence-corrected chi connectivity index (χ0v) is 10.8. The molecule has 1 saturated carbocycles. The second-order valence-corrected chi connectivity index (χ2v) is 5.38. The van der Waals surface area contributed by atoms with Crippen LogP contribution >= 0.6 is 11.6 Å². The summed E-state index contributed by atoms with van der Waals surface area (Å²) in [6.07, 6.45) is 6.36. The standard InChI is InChI=1S/C14H19ClFN/c15-11-5-4-6-12(16)13(11)14(9-10-17)7-2-1-3-8-14/h4-6H,1-3,7-10,17H2. The van der Waals surface area contributed by atoms with Crippen LogP contribution < -0.4 is 5.73 Å². The summed E-state index contributed by atoms with van der Waals surface area (Å²) in [6, 6.07) is 4.96. The second kappa shape index (κ2) is 5.36. The maximum Gasteiger partial charge on any atom is 0.128 e. The highest BCUT2D eigenvalue weighted by atomic mass is 35.5. The van der Waals surface area contributed by atoms with Crippen LogP contribution in [-0.2, 0) is 5.41 Å². The van der Waals surface area contributed by atoms with Crippen molar-refractivity contribution < 1.29 is 4.39 Å². The fourth-order valence-electron chi connectivity index (χ4n) is 3.13. The van der Waals surface area contributed by atoms with Crippen LogP contribution in [0.4, 0.5) is 4.39 Å². The third-order valence-electron chi connectivity index (χ3n) is 3.93. The number of benzene rings is 1. The van der Waals surface area contributed by atoms with Gasteiger partial charge in [-0.05, 0) is 37.9 Å². The predicted molar refractivity (Wildman–Crippen MR) is 69.8 cm³/mol. The molecule has 1 nitrogen and oxygen atoms in total. The van der Waals surface area contributed by atoms with Gasteiger partial charge in [0.05, 0.1) is 0 Å². The van der Waals surface area contributed by atoms with E-state index in [-0.39, 0.29) is 11.2 Å². The Bertz CT molecular complexity index is 360. The van der Waals surface area contributed by atoms with Crippen molar-refractivity contribution in [2.24, 2.45) is 5.73 Å². The van der Waals surface area contributed by atoms with Crippen LogP contribution in [0.3, 0.4) is 0 Å². The van der Waals surface area contributed by atoms with E-state index in [1.54, 1.807) is 12.1 Å².